The molecule has 2 aromatic carbocycles. The summed E-state index contributed by atoms with van der Waals surface area (Å²) < 4.78 is 0. The van der Waals surface area contributed by atoms with Crippen molar-refractivity contribution in [3.8, 4) is 0 Å². The minimum atomic E-state index is -0.101. The summed E-state index contributed by atoms with van der Waals surface area (Å²) in [6.45, 7) is 2.06. The average Bonchev–Trinajstić information content (AvgIpc) is 3.37. The second kappa shape index (κ2) is 7.95. The van der Waals surface area contributed by atoms with E-state index in [-0.39, 0.29) is 24.5 Å². The number of rotatable bonds is 6. The second-order valence-electron chi connectivity index (χ2n) is 7.52. The molecule has 0 spiro atoms. The summed E-state index contributed by atoms with van der Waals surface area (Å²) in [5.74, 6) is -0.0520. The molecule has 27 heavy (non-hydrogen) atoms. The summed E-state index contributed by atoms with van der Waals surface area (Å²) in [7, 11) is 0. The van der Waals surface area contributed by atoms with Crippen molar-refractivity contribution in [2.45, 2.75) is 44.9 Å². The van der Waals surface area contributed by atoms with Crippen molar-refractivity contribution in [2.75, 3.05) is 23.3 Å². The minimum Gasteiger partial charge on any atom is -0.370 e. The second-order valence-corrected chi connectivity index (χ2v) is 7.52. The highest BCUT2D eigenvalue weighted by Gasteiger charge is 2.18. The lowest BCUT2D eigenvalue weighted by atomic mass is 10.0. The van der Waals surface area contributed by atoms with Gasteiger partial charge in [0.2, 0.25) is 5.91 Å². The molecule has 1 fully saturated rings. The largest absolute Gasteiger partial charge is 0.370 e. The molecule has 1 saturated heterocycles. The van der Waals surface area contributed by atoms with Gasteiger partial charge in [-0.15, -0.1) is 0 Å². The zero-order valence-electron chi connectivity index (χ0n) is 15.7. The number of fused-ring (bicyclic) bond motifs is 1. The number of amides is 1. The van der Waals surface area contributed by atoms with Gasteiger partial charge in [-0.1, -0.05) is 24.3 Å². The van der Waals surface area contributed by atoms with Crippen LogP contribution in [0.1, 0.15) is 53.6 Å². The van der Waals surface area contributed by atoms with Gasteiger partial charge >= 0.3 is 0 Å². The summed E-state index contributed by atoms with van der Waals surface area (Å²) >= 11 is 0. The fourth-order valence-corrected chi connectivity index (χ4v) is 4.14. The molecule has 2 aliphatic rings. The van der Waals surface area contributed by atoms with Gasteiger partial charge in [-0.05, 0) is 61.4 Å². The standard InChI is InChI=1S/C23H26N2O2/c26-22(19-11-10-17-6-5-7-18(17)16-19)12-13-23(27)24-20-8-1-2-9-21(20)25-14-3-4-15-25/h1-2,8-11,16H,3-7,12-15H2,(H,24,27). The molecule has 1 N–H and O–H groups in total. The fraction of sp³-hybridized carbons (Fsp3) is 0.391. The van der Waals surface area contributed by atoms with Crippen LogP contribution in [-0.4, -0.2) is 24.8 Å². The number of carbonyl (C=O) groups excluding carboxylic acids is 2. The molecule has 0 unspecified atom stereocenters. The highest BCUT2D eigenvalue weighted by Crippen LogP contribution is 2.29. The lowest BCUT2D eigenvalue weighted by Gasteiger charge is -2.21. The van der Waals surface area contributed by atoms with Gasteiger partial charge in [0.05, 0.1) is 11.4 Å². The molecule has 1 heterocycles. The number of hydrogen-bond acceptors (Lipinski definition) is 3. The van der Waals surface area contributed by atoms with Gasteiger partial charge in [0, 0.05) is 31.5 Å². The zero-order chi connectivity index (χ0) is 18.6. The molecule has 140 valence electrons. The fourth-order valence-electron chi connectivity index (χ4n) is 4.14. The molecule has 0 radical (unpaired) electrons. The summed E-state index contributed by atoms with van der Waals surface area (Å²) in [5, 5.41) is 3.00. The highest BCUT2D eigenvalue weighted by atomic mass is 16.2. The molecule has 0 bridgehead atoms. The summed E-state index contributed by atoms with van der Waals surface area (Å²) in [6.07, 6.45) is 6.19. The van der Waals surface area contributed by atoms with Crippen molar-refractivity contribution in [3.63, 3.8) is 0 Å². The van der Waals surface area contributed by atoms with Crippen molar-refractivity contribution < 1.29 is 9.59 Å². The number of nitrogens with one attached hydrogen (secondary N) is 1. The number of nitrogens with zero attached hydrogens (tertiary/aromatic N) is 1. The van der Waals surface area contributed by atoms with Crippen LogP contribution in [0.15, 0.2) is 42.5 Å². The third-order valence-corrected chi connectivity index (χ3v) is 5.62. The molecule has 1 amide bonds. The van der Waals surface area contributed by atoms with Crippen LogP contribution in [-0.2, 0) is 17.6 Å². The predicted molar refractivity (Wildman–Crippen MR) is 109 cm³/mol. The summed E-state index contributed by atoms with van der Waals surface area (Å²) in [6, 6.07) is 13.9. The molecule has 4 heteroatoms. The first-order chi connectivity index (χ1) is 13.2. The maximum atomic E-state index is 12.5. The quantitative estimate of drug-likeness (QED) is 0.776. The van der Waals surface area contributed by atoms with Crippen molar-refractivity contribution in [2.24, 2.45) is 0 Å². The molecular formula is C23H26N2O2. The van der Waals surface area contributed by atoms with Gasteiger partial charge in [0.15, 0.2) is 5.78 Å². The van der Waals surface area contributed by atoms with Gasteiger partial charge in [0.1, 0.15) is 0 Å². The first kappa shape index (κ1) is 17.8. The Morgan fingerprint density at radius 1 is 0.889 bits per heavy atom. The van der Waals surface area contributed by atoms with E-state index in [1.165, 1.54) is 30.4 Å². The number of hydrogen-bond donors (Lipinski definition) is 1. The van der Waals surface area contributed by atoms with Crippen LogP contribution in [0.5, 0.6) is 0 Å². The smallest absolute Gasteiger partial charge is 0.224 e. The third-order valence-electron chi connectivity index (χ3n) is 5.62. The first-order valence-electron chi connectivity index (χ1n) is 9.99. The van der Waals surface area contributed by atoms with Crippen LogP contribution >= 0.6 is 0 Å². The average molecular weight is 362 g/mol. The first-order valence-corrected chi connectivity index (χ1v) is 9.99. The Hall–Kier alpha value is -2.62. The van der Waals surface area contributed by atoms with E-state index in [2.05, 4.69) is 22.3 Å². The Labute approximate surface area is 160 Å². The molecule has 0 atom stereocenters. The molecule has 1 aliphatic carbocycles. The van der Waals surface area contributed by atoms with Crippen LogP contribution in [0.2, 0.25) is 0 Å². The number of aryl methyl sites for hydroxylation is 2. The predicted octanol–water partition coefficient (Wildman–Crippen LogP) is 4.38. The van der Waals surface area contributed by atoms with Crippen molar-refractivity contribution in [1.82, 2.24) is 0 Å². The maximum Gasteiger partial charge on any atom is 0.224 e. The van der Waals surface area contributed by atoms with E-state index >= 15 is 0 Å². The van der Waals surface area contributed by atoms with Gasteiger partial charge in [-0.2, -0.15) is 0 Å². The van der Waals surface area contributed by atoms with Crippen LogP contribution in [0, 0.1) is 0 Å². The van der Waals surface area contributed by atoms with E-state index in [1.54, 1.807) is 0 Å². The van der Waals surface area contributed by atoms with Crippen molar-refractivity contribution in [3.05, 3.63) is 59.2 Å². The molecule has 2 aromatic rings. The molecule has 0 aromatic heterocycles. The molecule has 0 saturated carbocycles. The summed E-state index contributed by atoms with van der Waals surface area (Å²) in [4.78, 5) is 27.2. The number of Topliss-reactive ketones (excluding diaryl/α,β-unsaturated/α-hetero) is 1. The SMILES string of the molecule is O=C(CCC(=O)c1ccc2c(c1)CCC2)Nc1ccccc1N1CCCC1. The molecular weight excluding hydrogens is 336 g/mol. The van der Waals surface area contributed by atoms with Gasteiger partial charge < -0.3 is 10.2 Å². The monoisotopic (exact) mass is 362 g/mol. The number of benzene rings is 2. The van der Waals surface area contributed by atoms with Crippen LogP contribution < -0.4 is 10.2 Å². The van der Waals surface area contributed by atoms with E-state index < -0.39 is 0 Å². The van der Waals surface area contributed by atoms with Gasteiger partial charge in [-0.3, -0.25) is 9.59 Å². The van der Waals surface area contributed by atoms with Crippen LogP contribution in [0.4, 0.5) is 11.4 Å². The Morgan fingerprint density at radius 2 is 1.67 bits per heavy atom. The number of anilines is 2. The number of para-hydroxylation sites is 2. The lowest BCUT2D eigenvalue weighted by molar-refractivity contribution is -0.116. The zero-order valence-corrected chi connectivity index (χ0v) is 15.7. The van der Waals surface area contributed by atoms with Crippen molar-refractivity contribution >= 4 is 23.1 Å². The minimum absolute atomic E-state index is 0.0488. The van der Waals surface area contributed by atoms with Crippen molar-refractivity contribution in [1.29, 1.82) is 0 Å². The topological polar surface area (TPSA) is 49.4 Å². The van der Waals surface area contributed by atoms with Gasteiger partial charge in [0.25, 0.3) is 0 Å². The van der Waals surface area contributed by atoms with Crippen LogP contribution in [0.3, 0.4) is 0 Å². The lowest BCUT2D eigenvalue weighted by Crippen LogP contribution is -2.21. The Morgan fingerprint density at radius 3 is 2.52 bits per heavy atom. The normalized spacial score (nSPS) is 15.6. The Balaban J connectivity index is 1.35. The third kappa shape index (κ3) is 4.05. The van der Waals surface area contributed by atoms with E-state index in [0.717, 1.165) is 42.9 Å². The van der Waals surface area contributed by atoms with E-state index in [0.29, 0.717) is 0 Å². The van der Waals surface area contributed by atoms with Crippen LogP contribution in [0.25, 0.3) is 0 Å². The Bertz CT molecular complexity index is 853. The van der Waals surface area contributed by atoms with Gasteiger partial charge in [-0.25, -0.2) is 0 Å². The van der Waals surface area contributed by atoms with E-state index in [1.807, 2.05) is 30.3 Å². The Kier molecular flexibility index (Phi) is 5.23. The molecule has 1 aliphatic heterocycles. The highest BCUT2D eigenvalue weighted by molar-refractivity contribution is 6.01. The molecule has 4 nitrogen and oxygen atoms in total. The van der Waals surface area contributed by atoms with E-state index in [9.17, 15) is 9.59 Å². The molecule has 4 rings (SSSR count). The number of ketones is 1. The summed E-state index contributed by atoms with van der Waals surface area (Å²) in [5.41, 5.74) is 5.32. The number of carbonyl (C=O) groups is 2. The van der Waals surface area contributed by atoms with E-state index in [4.69, 9.17) is 0 Å². The maximum absolute atomic E-state index is 12.5.